The largest absolute Gasteiger partial charge is 0.484 e. The summed E-state index contributed by atoms with van der Waals surface area (Å²) in [5, 5.41) is 10.9. The molecule has 4 rings (SSSR count). The minimum atomic E-state index is -4.39. The third-order valence-corrected chi connectivity index (χ3v) is 6.94. The molecule has 0 unspecified atom stereocenters. The van der Waals surface area contributed by atoms with Crippen LogP contribution >= 0.6 is 0 Å². The minimum Gasteiger partial charge on any atom is -0.484 e. The monoisotopic (exact) mass is 441 g/mol. The lowest BCUT2D eigenvalue weighted by Gasteiger charge is -2.40. The van der Waals surface area contributed by atoms with Gasteiger partial charge in [-0.3, -0.25) is 4.79 Å². The molecule has 0 bridgehead atoms. The zero-order chi connectivity index (χ0) is 22.1. The zero-order valence-electron chi connectivity index (χ0n) is 17.6. The van der Waals surface area contributed by atoms with E-state index in [9.17, 15) is 23.1 Å². The first kappa shape index (κ1) is 22.4. The van der Waals surface area contributed by atoms with Gasteiger partial charge in [-0.15, -0.1) is 0 Å². The fourth-order valence-electron chi connectivity index (χ4n) is 4.68. The van der Waals surface area contributed by atoms with Crippen LogP contribution in [-0.4, -0.2) is 49.2 Å². The van der Waals surface area contributed by atoms with E-state index in [1.807, 2.05) is 0 Å². The van der Waals surface area contributed by atoms with Crippen LogP contribution in [0.5, 0.6) is 5.75 Å². The smallest absolute Gasteiger partial charge is 0.422 e. The van der Waals surface area contributed by atoms with E-state index >= 15 is 0 Å². The second-order valence-corrected chi connectivity index (χ2v) is 9.39. The molecule has 1 heterocycles. The molecule has 1 spiro atoms. The highest BCUT2D eigenvalue weighted by Crippen LogP contribution is 2.48. The molecule has 0 radical (unpaired) electrons. The van der Waals surface area contributed by atoms with Gasteiger partial charge in [-0.1, -0.05) is 12.8 Å². The van der Waals surface area contributed by atoms with E-state index < -0.39 is 23.8 Å². The Balaban J connectivity index is 1.29. The van der Waals surface area contributed by atoms with E-state index in [-0.39, 0.29) is 11.7 Å². The number of rotatable bonds is 8. The molecule has 1 aromatic carbocycles. The quantitative estimate of drug-likeness (QED) is 0.605. The molecule has 8 heteroatoms. The van der Waals surface area contributed by atoms with Gasteiger partial charge in [0.1, 0.15) is 5.75 Å². The van der Waals surface area contributed by atoms with Gasteiger partial charge >= 0.3 is 6.18 Å². The lowest BCUT2D eigenvalue weighted by Crippen LogP contribution is -2.45. The van der Waals surface area contributed by atoms with Gasteiger partial charge in [0.2, 0.25) is 5.91 Å². The van der Waals surface area contributed by atoms with Crippen LogP contribution in [0.1, 0.15) is 51.4 Å². The Morgan fingerprint density at radius 2 is 1.74 bits per heavy atom. The lowest BCUT2D eigenvalue weighted by molar-refractivity contribution is -0.153. The minimum absolute atomic E-state index is 0.0353. The summed E-state index contributed by atoms with van der Waals surface area (Å²) in [5.41, 5.74) is -0.670. The van der Waals surface area contributed by atoms with Gasteiger partial charge in [0.05, 0.1) is 17.6 Å². The highest BCUT2D eigenvalue weighted by Gasteiger charge is 2.51. The first-order valence-electron chi connectivity index (χ1n) is 11.1. The number of hydrogen-bond donors (Lipinski definition) is 1. The molecule has 3 aliphatic rings. The summed E-state index contributed by atoms with van der Waals surface area (Å²) in [5.74, 6) is 0.955. The normalized spacial score (nSPS) is 29.0. The summed E-state index contributed by atoms with van der Waals surface area (Å²) < 4.78 is 47.3. The fourth-order valence-corrected chi connectivity index (χ4v) is 4.68. The lowest BCUT2D eigenvalue weighted by atomic mass is 9.68. The standard InChI is InChI=1S/C23H30F3NO4/c24-23(25,26)16-31-19-5-3-18(4-6-19)27-13-12-21(20(27)28)8-10-22(29,11-9-21)15-30-14-7-17-1-2-17/h3-6,17,29H,1-2,7-16H2. The van der Waals surface area contributed by atoms with Gasteiger partial charge < -0.3 is 19.5 Å². The van der Waals surface area contributed by atoms with Crippen molar-refractivity contribution in [2.24, 2.45) is 11.3 Å². The van der Waals surface area contributed by atoms with Crippen LogP contribution in [0.15, 0.2) is 24.3 Å². The number of amides is 1. The number of aliphatic hydroxyl groups is 1. The summed E-state index contributed by atoms with van der Waals surface area (Å²) in [6.45, 7) is 0.240. The number of carbonyl (C=O) groups excluding carboxylic acids is 1. The number of nitrogens with zero attached hydrogens (tertiary/aromatic N) is 1. The number of halogens is 3. The van der Waals surface area contributed by atoms with E-state index in [0.29, 0.717) is 51.1 Å². The molecule has 5 nitrogen and oxygen atoms in total. The third kappa shape index (κ3) is 5.52. The van der Waals surface area contributed by atoms with Crippen LogP contribution in [0.25, 0.3) is 0 Å². The Labute approximate surface area is 180 Å². The van der Waals surface area contributed by atoms with Crippen molar-refractivity contribution in [3.05, 3.63) is 24.3 Å². The van der Waals surface area contributed by atoms with Crippen molar-refractivity contribution in [3.63, 3.8) is 0 Å². The molecule has 172 valence electrons. The number of anilines is 1. The van der Waals surface area contributed by atoms with Crippen molar-refractivity contribution in [1.29, 1.82) is 0 Å². The molecular formula is C23H30F3NO4. The van der Waals surface area contributed by atoms with Crippen molar-refractivity contribution < 1.29 is 32.5 Å². The summed E-state index contributed by atoms with van der Waals surface area (Å²) in [6.07, 6.45) is 2.30. The van der Waals surface area contributed by atoms with Crippen LogP contribution in [-0.2, 0) is 9.53 Å². The summed E-state index contributed by atoms with van der Waals surface area (Å²) in [7, 11) is 0. The van der Waals surface area contributed by atoms with E-state index in [4.69, 9.17) is 9.47 Å². The number of hydrogen-bond acceptors (Lipinski definition) is 4. The van der Waals surface area contributed by atoms with Gasteiger partial charge in [-0.05, 0) is 68.7 Å². The Morgan fingerprint density at radius 3 is 2.35 bits per heavy atom. The Bertz CT molecular complexity index is 768. The van der Waals surface area contributed by atoms with E-state index in [1.54, 1.807) is 17.0 Å². The second-order valence-electron chi connectivity index (χ2n) is 9.39. The number of carbonyl (C=O) groups is 1. The maximum Gasteiger partial charge on any atom is 0.422 e. The van der Waals surface area contributed by atoms with Gasteiger partial charge in [0.25, 0.3) is 0 Å². The van der Waals surface area contributed by atoms with Crippen molar-refractivity contribution in [3.8, 4) is 5.75 Å². The summed E-state index contributed by atoms with van der Waals surface area (Å²) in [4.78, 5) is 14.9. The fraction of sp³-hybridized carbons (Fsp3) is 0.696. The van der Waals surface area contributed by atoms with Gasteiger partial charge in [-0.25, -0.2) is 0 Å². The molecule has 1 N–H and O–H groups in total. The molecule has 2 aliphatic carbocycles. The van der Waals surface area contributed by atoms with Crippen LogP contribution in [0.3, 0.4) is 0 Å². The van der Waals surface area contributed by atoms with Crippen LogP contribution in [0.2, 0.25) is 0 Å². The predicted octanol–water partition coefficient (Wildman–Crippen LogP) is 4.47. The van der Waals surface area contributed by atoms with E-state index in [0.717, 1.165) is 18.8 Å². The number of ether oxygens (including phenoxy) is 2. The van der Waals surface area contributed by atoms with E-state index in [2.05, 4.69) is 0 Å². The molecule has 1 aliphatic heterocycles. The maximum atomic E-state index is 13.2. The number of benzene rings is 1. The maximum absolute atomic E-state index is 13.2. The topological polar surface area (TPSA) is 59.0 Å². The van der Waals surface area contributed by atoms with Crippen molar-refractivity contribution in [1.82, 2.24) is 0 Å². The van der Waals surface area contributed by atoms with Crippen molar-refractivity contribution in [2.75, 3.05) is 31.3 Å². The predicted molar refractivity (Wildman–Crippen MR) is 109 cm³/mol. The Morgan fingerprint density at radius 1 is 1.06 bits per heavy atom. The molecule has 3 fully saturated rings. The number of alkyl halides is 3. The average molecular weight is 441 g/mol. The van der Waals surface area contributed by atoms with Crippen LogP contribution in [0.4, 0.5) is 18.9 Å². The van der Waals surface area contributed by atoms with Gasteiger partial charge in [-0.2, -0.15) is 13.2 Å². The first-order valence-corrected chi connectivity index (χ1v) is 11.1. The Kier molecular flexibility index (Phi) is 6.23. The highest BCUT2D eigenvalue weighted by molar-refractivity contribution is 6.00. The summed E-state index contributed by atoms with van der Waals surface area (Å²) in [6, 6.07) is 6.15. The highest BCUT2D eigenvalue weighted by atomic mass is 19.4. The van der Waals surface area contributed by atoms with Gasteiger partial charge in [0.15, 0.2) is 6.61 Å². The third-order valence-electron chi connectivity index (χ3n) is 6.94. The Hall–Kier alpha value is -1.80. The van der Waals surface area contributed by atoms with Crippen molar-refractivity contribution >= 4 is 11.6 Å². The molecule has 31 heavy (non-hydrogen) atoms. The molecule has 0 aromatic heterocycles. The van der Waals surface area contributed by atoms with Crippen LogP contribution < -0.4 is 9.64 Å². The molecule has 1 saturated heterocycles. The first-order chi connectivity index (χ1) is 14.7. The van der Waals surface area contributed by atoms with Crippen molar-refractivity contribution in [2.45, 2.75) is 63.1 Å². The molecule has 2 saturated carbocycles. The molecule has 1 aromatic rings. The van der Waals surface area contributed by atoms with Gasteiger partial charge in [0, 0.05) is 18.8 Å². The van der Waals surface area contributed by atoms with Crippen LogP contribution in [0, 0.1) is 11.3 Å². The second kappa shape index (κ2) is 8.62. The van der Waals surface area contributed by atoms with E-state index in [1.165, 1.54) is 25.0 Å². The molecular weight excluding hydrogens is 411 g/mol. The average Bonchev–Trinajstić information content (AvgIpc) is 3.51. The molecule has 1 amide bonds. The summed E-state index contributed by atoms with van der Waals surface area (Å²) >= 11 is 0. The molecule has 0 atom stereocenters. The zero-order valence-corrected chi connectivity index (χ0v) is 17.6. The SMILES string of the molecule is O=C1N(c2ccc(OCC(F)(F)F)cc2)CCC12CCC(O)(COCCC1CC1)CC2.